The fourth-order valence-electron chi connectivity index (χ4n) is 1.70. The van der Waals surface area contributed by atoms with Crippen molar-refractivity contribution < 1.29 is 19.0 Å². The third-order valence-corrected chi connectivity index (χ3v) is 2.40. The number of halogens is 1. The molecule has 4 heteroatoms. The molecule has 0 radical (unpaired) electrons. The van der Waals surface area contributed by atoms with E-state index in [0.717, 1.165) is 0 Å². The summed E-state index contributed by atoms with van der Waals surface area (Å²) in [6, 6.07) is 6.64. The topological polar surface area (TPSA) is 46.5 Å². The molecule has 0 amide bonds. The molecule has 0 aromatic heterocycles. The van der Waals surface area contributed by atoms with Gasteiger partial charge in [0.05, 0.1) is 5.92 Å². The molecule has 0 saturated carbocycles. The van der Waals surface area contributed by atoms with Crippen molar-refractivity contribution in [2.45, 2.75) is 19.8 Å². The number of carboxylic acid groups (broad SMARTS) is 1. The molecule has 0 fully saturated rings. The van der Waals surface area contributed by atoms with E-state index in [1.54, 1.807) is 24.3 Å². The number of rotatable bonds is 5. The Hall–Kier alpha value is -1.58. The summed E-state index contributed by atoms with van der Waals surface area (Å²) in [5.74, 6) is -1.39. The van der Waals surface area contributed by atoms with E-state index in [0.29, 0.717) is 11.3 Å². The SMILES string of the molecule is CC(C)C(C(=O)O)c1ccccc1OCF. The van der Waals surface area contributed by atoms with Gasteiger partial charge in [0.25, 0.3) is 0 Å². The van der Waals surface area contributed by atoms with Crippen molar-refractivity contribution in [3.05, 3.63) is 29.8 Å². The average Bonchev–Trinajstić information content (AvgIpc) is 2.20. The first-order chi connectivity index (χ1) is 7.57. The van der Waals surface area contributed by atoms with E-state index in [-0.39, 0.29) is 5.92 Å². The lowest BCUT2D eigenvalue weighted by molar-refractivity contribution is -0.139. The fraction of sp³-hybridized carbons (Fsp3) is 0.417. The zero-order valence-electron chi connectivity index (χ0n) is 9.31. The molecule has 1 unspecified atom stereocenters. The summed E-state index contributed by atoms with van der Waals surface area (Å²) in [5.41, 5.74) is 0.516. The molecule has 1 atom stereocenters. The maximum atomic E-state index is 12.2. The van der Waals surface area contributed by atoms with Crippen LogP contribution in [-0.2, 0) is 4.79 Å². The molecule has 88 valence electrons. The summed E-state index contributed by atoms with van der Waals surface area (Å²) in [6.07, 6.45) is 0. The second-order valence-corrected chi connectivity index (χ2v) is 3.85. The van der Waals surface area contributed by atoms with Crippen molar-refractivity contribution in [3.8, 4) is 5.75 Å². The van der Waals surface area contributed by atoms with E-state index in [9.17, 15) is 9.18 Å². The molecule has 1 N–H and O–H groups in total. The lowest BCUT2D eigenvalue weighted by atomic mass is 9.88. The van der Waals surface area contributed by atoms with Gasteiger partial charge in [0.15, 0.2) is 0 Å². The van der Waals surface area contributed by atoms with Crippen LogP contribution in [0.2, 0.25) is 0 Å². The third-order valence-electron chi connectivity index (χ3n) is 2.40. The Morgan fingerprint density at radius 2 is 2.06 bits per heavy atom. The Labute approximate surface area is 93.9 Å². The van der Waals surface area contributed by atoms with Gasteiger partial charge in [-0.1, -0.05) is 32.0 Å². The molecule has 0 aliphatic rings. The predicted molar refractivity (Wildman–Crippen MR) is 58.3 cm³/mol. The molecule has 0 heterocycles. The summed E-state index contributed by atoms with van der Waals surface area (Å²) in [7, 11) is 0. The molecule has 1 rings (SSSR count). The molecule has 0 bridgehead atoms. The highest BCUT2D eigenvalue weighted by Gasteiger charge is 2.26. The van der Waals surface area contributed by atoms with E-state index in [1.165, 1.54) is 0 Å². The normalized spacial score (nSPS) is 12.5. The molecule has 0 spiro atoms. The minimum Gasteiger partial charge on any atom is -0.481 e. The minimum absolute atomic E-state index is 0.0816. The maximum Gasteiger partial charge on any atom is 0.311 e. The van der Waals surface area contributed by atoms with Gasteiger partial charge < -0.3 is 9.84 Å². The first kappa shape index (κ1) is 12.5. The molecular weight excluding hydrogens is 211 g/mol. The number of hydrogen-bond acceptors (Lipinski definition) is 2. The molecule has 0 aliphatic carbocycles. The largest absolute Gasteiger partial charge is 0.481 e. The Balaban J connectivity index is 3.12. The van der Waals surface area contributed by atoms with Crippen molar-refractivity contribution in [1.29, 1.82) is 0 Å². The molecule has 0 saturated heterocycles. The maximum absolute atomic E-state index is 12.2. The highest BCUT2D eigenvalue weighted by atomic mass is 19.1. The number of aliphatic carboxylic acids is 1. The number of alkyl halides is 1. The second kappa shape index (κ2) is 5.49. The monoisotopic (exact) mass is 226 g/mol. The van der Waals surface area contributed by atoms with Gasteiger partial charge in [-0.15, -0.1) is 0 Å². The number of para-hydroxylation sites is 1. The van der Waals surface area contributed by atoms with Crippen molar-refractivity contribution in [2.75, 3.05) is 6.86 Å². The average molecular weight is 226 g/mol. The van der Waals surface area contributed by atoms with Gasteiger partial charge >= 0.3 is 5.97 Å². The van der Waals surface area contributed by atoms with Crippen molar-refractivity contribution >= 4 is 5.97 Å². The van der Waals surface area contributed by atoms with Crippen LogP contribution in [0.3, 0.4) is 0 Å². The molecular formula is C12H15FO3. The van der Waals surface area contributed by atoms with E-state index >= 15 is 0 Å². The van der Waals surface area contributed by atoms with Gasteiger partial charge in [0.1, 0.15) is 5.75 Å². The van der Waals surface area contributed by atoms with Crippen LogP contribution in [0.25, 0.3) is 0 Å². The zero-order valence-corrected chi connectivity index (χ0v) is 9.31. The summed E-state index contributed by atoms with van der Waals surface area (Å²) < 4.78 is 16.9. The van der Waals surface area contributed by atoms with Gasteiger partial charge in [-0.3, -0.25) is 4.79 Å². The Morgan fingerprint density at radius 1 is 1.44 bits per heavy atom. The van der Waals surface area contributed by atoms with Gasteiger partial charge in [-0.05, 0) is 12.0 Å². The summed E-state index contributed by atoms with van der Waals surface area (Å²) >= 11 is 0. The second-order valence-electron chi connectivity index (χ2n) is 3.85. The van der Waals surface area contributed by atoms with Crippen LogP contribution in [0.1, 0.15) is 25.3 Å². The van der Waals surface area contributed by atoms with Crippen LogP contribution >= 0.6 is 0 Å². The standard InChI is InChI=1S/C12H15FO3/c1-8(2)11(12(14)15)9-5-3-4-6-10(9)16-7-13/h3-6,8,11H,7H2,1-2H3,(H,14,15). The lowest BCUT2D eigenvalue weighted by Gasteiger charge is -2.19. The van der Waals surface area contributed by atoms with E-state index in [2.05, 4.69) is 0 Å². The van der Waals surface area contributed by atoms with E-state index < -0.39 is 18.7 Å². The quantitative estimate of drug-likeness (QED) is 0.839. The smallest absolute Gasteiger partial charge is 0.311 e. The Bertz CT molecular complexity index is 363. The number of ether oxygens (including phenoxy) is 1. The van der Waals surface area contributed by atoms with Gasteiger partial charge in [-0.2, -0.15) is 0 Å². The zero-order chi connectivity index (χ0) is 12.1. The molecule has 3 nitrogen and oxygen atoms in total. The highest BCUT2D eigenvalue weighted by molar-refractivity contribution is 5.77. The van der Waals surface area contributed by atoms with Crippen LogP contribution < -0.4 is 4.74 Å². The van der Waals surface area contributed by atoms with Crippen LogP contribution in [0.15, 0.2) is 24.3 Å². The molecule has 16 heavy (non-hydrogen) atoms. The third kappa shape index (κ3) is 2.72. The van der Waals surface area contributed by atoms with Crippen molar-refractivity contribution in [3.63, 3.8) is 0 Å². The van der Waals surface area contributed by atoms with Gasteiger partial charge in [0.2, 0.25) is 6.86 Å². The Morgan fingerprint density at radius 3 is 2.56 bits per heavy atom. The minimum atomic E-state index is -0.957. The lowest BCUT2D eigenvalue weighted by Crippen LogP contribution is -2.18. The van der Waals surface area contributed by atoms with E-state index in [1.807, 2.05) is 13.8 Å². The van der Waals surface area contributed by atoms with Crippen LogP contribution in [0.4, 0.5) is 4.39 Å². The van der Waals surface area contributed by atoms with Gasteiger partial charge in [0, 0.05) is 5.56 Å². The first-order valence-corrected chi connectivity index (χ1v) is 5.08. The van der Waals surface area contributed by atoms with Crippen LogP contribution in [-0.4, -0.2) is 17.9 Å². The molecule has 1 aromatic rings. The number of carbonyl (C=O) groups is 1. The summed E-state index contributed by atoms with van der Waals surface area (Å²) in [4.78, 5) is 11.1. The van der Waals surface area contributed by atoms with Crippen molar-refractivity contribution in [1.82, 2.24) is 0 Å². The predicted octanol–water partition coefficient (Wildman–Crippen LogP) is 2.82. The molecule has 1 aromatic carbocycles. The summed E-state index contributed by atoms with van der Waals surface area (Å²) in [6.45, 7) is 2.66. The highest BCUT2D eigenvalue weighted by Crippen LogP contribution is 2.32. The molecule has 0 aliphatic heterocycles. The van der Waals surface area contributed by atoms with Gasteiger partial charge in [-0.25, -0.2) is 4.39 Å². The number of carboxylic acids is 1. The van der Waals surface area contributed by atoms with Crippen molar-refractivity contribution in [2.24, 2.45) is 5.92 Å². The van der Waals surface area contributed by atoms with Crippen LogP contribution in [0.5, 0.6) is 5.75 Å². The Kier molecular flexibility index (Phi) is 4.28. The first-order valence-electron chi connectivity index (χ1n) is 5.08. The fourth-order valence-corrected chi connectivity index (χ4v) is 1.70. The summed E-state index contributed by atoms with van der Waals surface area (Å²) in [5, 5.41) is 9.14. The van der Waals surface area contributed by atoms with Crippen LogP contribution in [0, 0.1) is 5.92 Å². The number of benzene rings is 1. The van der Waals surface area contributed by atoms with E-state index in [4.69, 9.17) is 9.84 Å². The number of hydrogen-bond donors (Lipinski definition) is 1.